The first-order valence-electron chi connectivity index (χ1n) is 9.43. The van der Waals surface area contributed by atoms with E-state index < -0.39 is 10.0 Å². The molecule has 0 radical (unpaired) electrons. The molecule has 0 aliphatic heterocycles. The van der Waals surface area contributed by atoms with E-state index in [4.69, 9.17) is 11.6 Å². The van der Waals surface area contributed by atoms with E-state index in [1.165, 1.54) is 18.2 Å². The van der Waals surface area contributed by atoms with Gasteiger partial charge in [-0.2, -0.15) is 0 Å². The maximum atomic E-state index is 12.9. The van der Waals surface area contributed by atoms with Crippen molar-refractivity contribution >= 4 is 33.2 Å². The average Bonchev–Trinajstić information content (AvgIpc) is 2.70. The van der Waals surface area contributed by atoms with Crippen LogP contribution in [-0.4, -0.2) is 14.3 Å². The van der Waals surface area contributed by atoms with Crippen molar-refractivity contribution in [3.63, 3.8) is 0 Å². The molecule has 0 saturated carbocycles. The maximum Gasteiger partial charge on any atom is 0.263 e. The molecule has 1 atom stereocenters. The Labute approximate surface area is 182 Å². The first-order valence-corrected chi connectivity index (χ1v) is 11.3. The maximum absolute atomic E-state index is 12.9. The minimum atomic E-state index is -3.97. The Kier molecular flexibility index (Phi) is 6.48. The van der Waals surface area contributed by atoms with Crippen molar-refractivity contribution in [2.45, 2.75) is 31.7 Å². The van der Waals surface area contributed by atoms with E-state index in [2.05, 4.69) is 10.0 Å². The van der Waals surface area contributed by atoms with E-state index in [1.54, 1.807) is 25.1 Å². The Bertz CT molecular complexity index is 1180. The molecule has 3 aromatic rings. The van der Waals surface area contributed by atoms with Crippen LogP contribution in [0, 0.1) is 13.8 Å². The molecule has 0 fully saturated rings. The van der Waals surface area contributed by atoms with Crippen LogP contribution < -0.4 is 10.0 Å². The minimum absolute atomic E-state index is 0.0409. The molecule has 0 aromatic heterocycles. The van der Waals surface area contributed by atoms with Gasteiger partial charge in [0, 0.05) is 5.56 Å². The Balaban J connectivity index is 1.84. The van der Waals surface area contributed by atoms with Crippen molar-refractivity contribution in [1.82, 2.24) is 5.32 Å². The zero-order valence-corrected chi connectivity index (χ0v) is 18.5. The predicted octanol–water partition coefficient (Wildman–Crippen LogP) is 5.25. The lowest BCUT2D eigenvalue weighted by Crippen LogP contribution is -2.27. The molecule has 0 heterocycles. The number of halogens is 1. The molecule has 156 valence electrons. The van der Waals surface area contributed by atoms with Crippen LogP contribution in [0.3, 0.4) is 0 Å². The van der Waals surface area contributed by atoms with Crippen LogP contribution in [0.2, 0.25) is 5.02 Å². The predicted molar refractivity (Wildman–Crippen MR) is 120 cm³/mol. The summed E-state index contributed by atoms with van der Waals surface area (Å²) in [6.45, 7) is 5.67. The standard InChI is InChI=1S/C23H23ClN2O3S/c1-15-8-10-18(11-9-15)17(3)25-23(27)19-12-13-20(24)22(14-19)30(28,29)26-21-7-5-4-6-16(21)2/h4-14,17,26H,1-3H3,(H,25,27)/t17-/m1/s1. The molecular formula is C23H23ClN2O3S. The topological polar surface area (TPSA) is 75.3 Å². The number of carbonyl (C=O) groups excluding carboxylic acids is 1. The van der Waals surface area contributed by atoms with Crippen LogP contribution in [0.25, 0.3) is 0 Å². The number of anilines is 1. The number of rotatable bonds is 6. The molecule has 0 saturated heterocycles. The number of amides is 1. The number of hydrogen-bond acceptors (Lipinski definition) is 3. The summed E-state index contributed by atoms with van der Waals surface area (Å²) in [7, 11) is -3.97. The highest BCUT2D eigenvalue weighted by Crippen LogP contribution is 2.26. The lowest BCUT2D eigenvalue weighted by molar-refractivity contribution is 0.0939. The zero-order valence-electron chi connectivity index (χ0n) is 16.9. The van der Waals surface area contributed by atoms with Gasteiger partial charge >= 0.3 is 0 Å². The summed E-state index contributed by atoms with van der Waals surface area (Å²) in [5, 5.41) is 2.93. The SMILES string of the molecule is Cc1ccc([C@@H](C)NC(=O)c2ccc(Cl)c(S(=O)(=O)Nc3ccccc3C)c2)cc1. The number of para-hydroxylation sites is 1. The van der Waals surface area contributed by atoms with Gasteiger partial charge in [0.2, 0.25) is 0 Å². The Hall–Kier alpha value is -2.83. The van der Waals surface area contributed by atoms with E-state index in [0.29, 0.717) is 5.69 Å². The molecule has 5 nitrogen and oxygen atoms in total. The summed E-state index contributed by atoms with van der Waals surface area (Å²) in [5.41, 5.74) is 3.53. The number of carbonyl (C=O) groups is 1. The lowest BCUT2D eigenvalue weighted by Gasteiger charge is -2.16. The largest absolute Gasteiger partial charge is 0.346 e. The van der Waals surface area contributed by atoms with E-state index in [1.807, 2.05) is 44.2 Å². The van der Waals surface area contributed by atoms with Crippen LogP contribution in [-0.2, 0) is 10.0 Å². The van der Waals surface area contributed by atoms with Gasteiger partial charge in [0.1, 0.15) is 4.90 Å². The third-order valence-electron chi connectivity index (χ3n) is 4.80. The fourth-order valence-corrected chi connectivity index (χ4v) is 4.61. The second-order valence-corrected chi connectivity index (χ2v) is 9.23. The monoisotopic (exact) mass is 442 g/mol. The highest BCUT2D eigenvalue weighted by Gasteiger charge is 2.21. The fourth-order valence-electron chi connectivity index (χ4n) is 2.96. The van der Waals surface area contributed by atoms with Gasteiger partial charge < -0.3 is 5.32 Å². The second-order valence-electron chi connectivity index (χ2n) is 7.17. The summed E-state index contributed by atoms with van der Waals surface area (Å²) >= 11 is 6.16. The molecule has 3 rings (SSSR count). The summed E-state index contributed by atoms with van der Waals surface area (Å²) in [6, 6.07) is 18.9. The molecule has 3 aromatic carbocycles. The lowest BCUT2D eigenvalue weighted by atomic mass is 10.1. The van der Waals surface area contributed by atoms with Gasteiger partial charge in [-0.15, -0.1) is 0 Å². The smallest absolute Gasteiger partial charge is 0.263 e. The number of aryl methyl sites for hydroxylation is 2. The zero-order chi connectivity index (χ0) is 21.9. The molecule has 7 heteroatoms. The minimum Gasteiger partial charge on any atom is -0.346 e. The molecule has 0 aliphatic carbocycles. The van der Waals surface area contributed by atoms with Crippen molar-refractivity contribution in [3.8, 4) is 0 Å². The van der Waals surface area contributed by atoms with Crippen molar-refractivity contribution in [2.24, 2.45) is 0 Å². The molecule has 2 N–H and O–H groups in total. The Morgan fingerprint density at radius 2 is 1.63 bits per heavy atom. The van der Waals surface area contributed by atoms with E-state index in [9.17, 15) is 13.2 Å². The van der Waals surface area contributed by atoms with Gasteiger partial charge in [0.05, 0.1) is 16.8 Å². The van der Waals surface area contributed by atoms with Crippen molar-refractivity contribution < 1.29 is 13.2 Å². The number of sulfonamides is 1. The Morgan fingerprint density at radius 3 is 2.30 bits per heavy atom. The first kappa shape index (κ1) is 21.9. The van der Waals surface area contributed by atoms with Gasteiger partial charge in [-0.25, -0.2) is 8.42 Å². The van der Waals surface area contributed by atoms with E-state index in [-0.39, 0.29) is 27.4 Å². The third-order valence-corrected chi connectivity index (χ3v) is 6.64. The second kappa shape index (κ2) is 8.90. The van der Waals surface area contributed by atoms with Gasteiger partial charge in [-0.1, -0.05) is 59.6 Å². The third kappa shape index (κ3) is 5.01. The number of hydrogen-bond donors (Lipinski definition) is 2. The van der Waals surface area contributed by atoms with E-state index >= 15 is 0 Å². The normalized spacial score (nSPS) is 12.3. The van der Waals surface area contributed by atoms with Gasteiger partial charge in [-0.05, 0) is 56.2 Å². The highest BCUT2D eigenvalue weighted by molar-refractivity contribution is 7.92. The number of benzene rings is 3. The van der Waals surface area contributed by atoms with Crippen molar-refractivity contribution in [3.05, 3.63) is 94.0 Å². The molecule has 0 unspecified atom stereocenters. The first-order chi connectivity index (χ1) is 14.2. The van der Waals surface area contributed by atoms with Gasteiger partial charge in [0.25, 0.3) is 15.9 Å². The van der Waals surface area contributed by atoms with Crippen LogP contribution in [0.5, 0.6) is 0 Å². The van der Waals surface area contributed by atoms with Crippen LogP contribution in [0.4, 0.5) is 5.69 Å². The number of nitrogens with one attached hydrogen (secondary N) is 2. The van der Waals surface area contributed by atoms with Crippen molar-refractivity contribution in [2.75, 3.05) is 4.72 Å². The Morgan fingerprint density at radius 1 is 0.967 bits per heavy atom. The summed E-state index contributed by atoms with van der Waals surface area (Å²) < 4.78 is 28.3. The molecule has 1 amide bonds. The van der Waals surface area contributed by atoms with E-state index in [0.717, 1.165) is 16.7 Å². The molecular weight excluding hydrogens is 420 g/mol. The molecule has 0 aliphatic rings. The molecule has 0 spiro atoms. The summed E-state index contributed by atoms with van der Waals surface area (Å²) in [5.74, 6) is -0.382. The highest BCUT2D eigenvalue weighted by atomic mass is 35.5. The van der Waals surface area contributed by atoms with Crippen LogP contribution >= 0.6 is 11.6 Å². The summed E-state index contributed by atoms with van der Waals surface area (Å²) in [6.07, 6.45) is 0. The quantitative estimate of drug-likeness (QED) is 0.547. The van der Waals surface area contributed by atoms with Crippen molar-refractivity contribution in [1.29, 1.82) is 0 Å². The molecule has 0 bridgehead atoms. The fraction of sp³-hybridized carbons (Fsp3) is 0.174. The summed E-state index contributed by atoms with van der Waals surface area (Å²) in [4.78, 5) is 12.6. The average molecular weight is 443 g/mol. The van der Waals surface area contributed by atoms with Crippen LogP contribution in [0.15, 0.2) is 71.6 Å². The van der Waals surface area contributed by atoms with Gasteiger partial charge in [0.15, 0.2) is 0 Å². The van der Waals surface area contributed by atoms with Crippen LogP contribution in [0.1, 0.15) is 40.0 Å². The van der Waals surface area contributed by atoms with Gasteiger partial charge in [-0.3, -0.25) is 9.52 Å². The molecule has 30 heavy (non-hydrogen) atoms.